The van der Waals surface area contributed by atoms with Gasteiger partial charge in [-0.2, -0.15) is 0 Å². The van der Waals surface area contributed by atoms with Crippen molar-refractivity contribution in [3.63, 3.8) is 0 Å². The Morgan fingerprint density at radius 1 is 1.56 bits per heavy atom. The summed E-state index contributed by atoms with van der Waals surface area (Å²) in [6.07, 6.45) is 3.31. The Labute approximate surface area is 113 Å². The lowest BCUT2D eigenvalue weighted by Crippen LogP contribution is -2.14. The molecule has 1 aromatic heterocycles. The first-order valence-corrected chi connectivity index (χ1v) is 7.10. The fourth-order valence-electron chi connectivity index (χ4n) is 1.42. The van der Waals surface area contributed by atoms with E-state index in [0.717, 1.165) is 24.5 Å². The predicted octanol–water partition coefficient (Wildman–Crippen LogP) is 2.24. The number of aromatic nitrogens is 1. The highest BCUT2D eigenvalue weighted by atomic mass is 32.2. The minimum atomic E-state index is -0.177. The van der Waals surface area contributed by atoms with Crippen LogP contribution in [0.1, 0.15) is 25.3 Å². The molecule has 0 aliphatic heterocycles. The summed E-state index contributed by atoms with van der Waals surface area (Å²) in [5.74, 6) is 0.522. The van der Waals surface area contributed by atoms with Crippen LogP contribution in [-0.4, -0.2) is 30.4 Å². The molecule has 0 aromatic carbocycles. The molecule has 0 spiro atoms. The summed E-state index contributed by atoms with van der Waals surface area (Å²) in [6.45, 7) is 3.96. The van der Waals surface area contributed by atoms with Crippen molar-refractivity contribution in [2.75, 3.05) is 19.4 Å². The van der Waals surface area contributed by atoms with Crippen molar-refractivity contribution in [3.8, 4) is 0 Å². The van der Waals surface area contributed by atoms with Crippen molar-refractivity contribution in [2.45, 2.75) is 31.3 Å². The maximum atomic E-state index is 11.0. The highest BCUT2D eigenvalue weighted by Gasteiger charge is 2.06. The van der Waals surface area contributed by atoms with E-state index in [1.165, 1.54) is 12.7 Å². The maximum Gasteiger partial charge on any atom is 0.306 e. The molecule has 0 aliphatic rings. The Kier molecular flexibility index (Phi) is 7.44. The average molecular weight is 268 g/mol. The molecule has 1 rings (SSSR count). The number of hydrogen-bond donors (Lipinski definition) is 1. The van der Waals surface area contributed by atoms with Gasteiger partial charge in [-0.3, -0.25) is 4.79 Å². The number of nitrogens with one attached hydrogen (secondary N) is 1. The molecule has 0 bridgehead atoms. The molecule has 0 unspecified atom stereocenters. The molecule has 1 N–H and O–H groups in total. The van der Waals surface area contributed by atoms with E-state index in [1.807, 2.05) is 6.07 Å². The van der Waals surface area contributed by atoms with E-state index in [4.69, 9.17) is 0 Å². The average Bonchev–Trinajstić information content (AvgIpc) is 2.40. The van der Waals surface area contributed by atoms with Gasteiger partial charge in [-0.15, -0.1) is 11.8 Å². The normalized spacial score (nSPS) is 10.3. The Hall–Kier alpha value is -1.07. The topological polar surface area (TPSA) is 51.2 Å². The second-order valence-corrected chi connectivity index (χ2v) is 4.90. The zero-order valence-electron chi connectivity index (χ0n) is 10.9. The van der Waals surface area contributed by atoms with E-state index < -0.39 is 0 Å². The number of pyridine rings is 1. The van der Waals surface area contributed by atoms with Crippen LogP contribution in [0.2, 0.25) is 0 Å². The van der Waals surface area contributed by atoms with Gasteiger partial charge in [0.2, 0.25) is 0 Å². The Balaban J connectivity index is 2.45. The molecule has 18 heavy (non-hydrogen) atoms. The molecule has 5 heteroatoms. The third-order valence-corrected chi connectivity index (χ3v) is 3.41. The van der Waals surface area contributed by atoms with Crippen LogP contribution in [0, 0.1) is 0 Å². The minimum absolute atomic E-state index is 0.177. The van der Waals surface area contributed by atoms with Gasteiger partial charge in [0, 0.05) is 18.5 Å². The van der Waals surface area contributed by atoms with E-state index in [9.17, 15) is 4.79 Å². The first kappa shape index (κ1) is 15.0. The number of thioether (sulfide) groups is 1. The number of carbonyl (C=O) groups is 1. The van der Waals surface area contributed by atoms with Crippen LogP contribution < -0.4 is 5.32 Å². The third kappa shape index (κ3) is 5.51. The van der Waals surface area contributed by atoms with E-state index in [2.05, 4.69) is 28.0 Å². The second kappa shape index (κ2) is 8.94. The van der Waals surface area contributed by atoms with Gasteiger partial charge in [0.15, 0.2) is 0 Å². The molecule has 1 aromatic rings. The summed E-state index contributed by atoms with van der Waals surface area (Å²) in [5.41, 5.74) is 1.18. The van der Waals surface area contributed by atoms with Crippen molar-refractivity contribution >= 4 is 17.7 Å². The van der Waals surface area contributed by atoms with Gasteiger partial charge < -0.3 is 10.1 Å². The Morgan fingerprint density at radius 3 is 3.11 bits per heavy atom. The molecule has 0 fully saturated rings. The quantitative estimate of drug-likeness (QED) is 0.445. The van der Waals surface area contributed by atoms with Gasteiger partial charge in [-0.1, -0.05) is 13.0 Å². The summed E-state index contributed by atoms with van der Waals surface area (Å²) in [6, 6.07) is 4.00. The van der Waals surface area contributed by atoms with Crippen LogP contribution in [0.3, 0.4) is 0 Å². The van der Waals surface area contributed by atoms with Gasteiger partial charge in [0.1, 0.15) is 5.03 Å². The van der Waals surface area contributed by atoms with Crippen molar-refractivity contribution in [1.29, 1.82) is 0 Å². The van der Waals surface area contributed by atoms with E-state index in [-0.39, 0.29) is 5.97 Å². The SMILES string of the molecule is CCCNCc1cccnc1SCCC(=O)OC. The molecule has 4 nitrogen and oxygen atoms in total. The van der Waals surface area contributed by atoms with E-state index in [1.54, 1.807) is 18.0 Å². The fourth-order valence-corrected chi connectivity index (χ4v) is 2.34. The summed E-state index contributed by atoms with van der Waals surface area (Å²) in [4.78, 5) is 15.4. The van der Waals surface area contributed by atoms with Crippen LogP contribution >= 0.6 is 11.8 Å². The summed E-state index contributed by atoms with van der Waals surface area (Å²) in [7, 11) is 1.41. The van der Waals surface area contributed by atoms with Crippen LogP contribution in [0.4, 0.5) is 0 Å². The number of nitrogens with zero attached hydrogens (tertiary/aromatic N) is 1. The first-order chi connectivity index (χ1) is 8.77. The lowest BCUT2D eigenvalue weighted by atomic mass is 10.3. The molecule has 0 atom stereocenters. The monoisotopic (exact) mass is 268 g/mol. The van der Waals surface area contributed by atoms with Crippen molar-refractivity contribution in [2.24, 2.45) is 0 Å². The highest BCUT2D eigenvalue weighted by Crippen LogP contribution is 2.20. The molecule has 0 radical (unpaired) electrons. The van der Waals surface area contributed by atoms with E-state index >= 15 is 0 Å². The number of carbonyl (C=O) groups excluding carboxylic acids is 1. The first-order valence-electron chi connectivity index (χ1n) is 6.12. The summed E-state index contributed by atoms with van der Waals surface area (Å²) < 4.78 is 4.61. The molecular weight excluding hydrogens is 248 g/mol. The molecule has 0 amide bonds. The Morgan fingerprint density at radius 2 is 2.39 bits per heavy atom. The van der Waals surface area contributed by atoms with Gasteiger partial charge in [-0.05, 0) is 24.6 Å². The largest absolute Gasteiger partial charge is 0.469 e. The molecule has 0 saturated heterocycles. The van der Waals surface area contributed by atoms with Gasteiger partial charge >= 0.3 is 5.97 Å². The number of hydrogen-bond acceptors (Lipinski definition) is 5. The van der Waals surface area contributed by atoms with Gasteiger partial charge in [0.25, 0.3) is 0 Å². The maximum absolute atomic E-state index is 11.0. The molecule has 0 saturated carbocycles. The molecule has 1 heterocycles. The zero-order valence-corrected chi connectivity index (χ0v) is 11.8. The van der Waals surface area contributed by atoms with Crippen LogP contribution in [0.25, 0.3) is 0 Å². The number of esters is 1. The minimum Gasteiger partial charge on any atom is -0.469 e. The van der Waals surface area contributed by atoms with Crippen LogP contribution in [0.5, 0.6) is 0 Å². The zero-order chi connectivity index (χ0) is 13.2. The van der Waals surface area contributed by atoms with Crippen molar-refractivity contribution in [1.82, 2.24) is 10.3 Å². The summed E-state index contributed by atoms with van der Waals surface area (Å²) in [5, 5.41) is 4.35. The number of rotatable bonds is 8. The van der Waals surface area contributed by atoms with Gasteiger partial charge in [0.05, 0.1) is 13.5 Å². The molecular formula is C13H20N2O2S. The predicted molar refractivity (Wildman–Crippen MR) is 73.6 cm³/mol. The second-order valence-electron chi connectivity index (χ2n) is 3.82. The number of ether oxygens (including phenoxy) is 1. The third-order valence-electron chi connectivity index (χ3n) is 2.36. The van der Waals surface area contributed by atoms with Crippen molar-refractivity contribution < 1.29 is 9.53 Å². The standard InChI is InChI=1S/C13H20N2O2S/c1-3-7-14-10-11-5-4-8-15-13(11)18-9-6-12(16)17-2/h4-5,8,14H,3,6-7,9-10H2,1-2H3. The van der Waals surface area contributed by atoms with E-state index in [0.29, 0.717) is 12.2 Å². The lowest BCUT2D eigenvalue weighted by Gasteiger charge is -2.08. The van der Waals surface area contributed by atoms with Crippen LogP contribution in [-0.2, 0) is 16.1 Å². The highest BCUT2D eigenvalue weighted by molar-refractivity contribution is 7.99. The molecule has 100 valence electrons. The molecule has 0 aliphatic carbocycles. The summed E-state index contributed by atoms with van der Waals surface area (Å²) >= 11 is 1.60. The lowest BCUT2D eigenvalue weighted by molar-refractivity contribution is -0.140. The Bertz CT molecular complexity index is 372. The van der Waals surface area contributed by atoms with Crippen molar-refractivity contribution in [3.05, 3.63) is 23.9 Å². The fraction of sp³-hybridized carbons (Fsp3) is 0.538. The smallest absolute Gasteiger partial charge is 0.306 e. The van der Waals surface area contributed by atoms with Gasteiger partial charge in [-0.25, -0.2) is 4.98 Å². The van der Waals surface area contributed by atoms with Crippen LogP contribution in [0.15, 0.2) is 23.4 Å². The number of methoxy groups -OCH3 is 1.